The SMILES string of the molecule is O=C(OC1CCCCC1)C(O)(CCc1ccccc1)CC(F)(C(F)(F)F)C(F)(F)F. The van der Waals surface area contributed by atoms with E-state index in [0.717, 1.165) is 6.42 Å². The molecule has 0 bridgehead atoms. The highest BCUT2D eigenvalue weighted by molar-refractivity contribution is 5.79. The van der Waals surface area contributed by atoms with E-state index in [1.807, 2.05) is 0 Å². The number of alkyl halides is 7. The summed E-state index contributed by atoms with van der Waals surface area (Å²) in [4.78, 5) is 12.5. The van der Waals surface area contributed by atoms with E-state index in [0.29, 0.717) is 31.2 Å². The first-order valence-electron chi connectivity index (χ1n) is 9.58. The van der Waals surface area contributed by atoms with Gasteiger partial charge in [-0.15, -0.1) is 0 Å². The molecule has 0 radical (unpaired) electrons. The Labute approximate surface area is 169 Å². The van der Waals surface area contributed by atoms with E-state index in [4.69, 9.17) is 4.74 Å². The van der Waals surface area contributed by atoms with Gasteiger partial charge in [-0.25, -0.2) is 9.18 Å². The van der Waals surface area contributed by atoms with Crippen molar-refractivity contribution < 1.29 is 45.4 Å². The second-order valence-corrected chi connectivity index (χ2v) is 7.66. The normalized spacial score (nSPS) is 18.7. The molecule has 0 aliphatic heterocycles. The van der Waals surface area contributed by atoms with Crippen LogP contribution in [-0.2, 0) is 16.0 Å². The van der Waals surface area contributed by atoms with Gasteiger partial charge in [-0.05, 0) is 44.1 Å². The van der Waals surface area contributed by atoms with Crippen LogP contribution in [0.25, 0.3) is 0 Å². The van der Waals surface area contributed by atoms with E-state index < -0.39 is 48.5 Å². The lowest BCUT2D eigenvalue weighted by molar-refractivity contribution is -0.351. The van der Waals surface area contributed by atoms with E-state index in [-0.39, 0.29) is 6.42 Å². The molecular formula is C20H23F7O3. The Balaban J connectivity index is 2.31. The molecule has 1 aromatic rings. The average molecular weight is 444 g/mol. The summed E-state index contributed by atoms with van der Waals surface area (Å²) in [6.45, 7) is 0. The van der Waals surface area contributed by atoms with Gasteiger partial charge >= 0.3 is 24.0 Å². The minimum absolute atomic E-state index is 0.247. The first-order chi connectivity index (χ1) is 13.8. The average Bonchev–Trinajstić information content (AvgIpc) is 2.66. The first kappa shape index (κ1) is 24.4. The fourth-order valence-electron chi connectivity index (χ4n) is 3.47. The second-order valence-electron chi connectivity index (χ2n) is 7.66. The summed E-state index contributed by atoms with van der Waals surface area (Å²) in [5.41, 5.74) is -8.63. The number of carbonyl (C=O) groups excluding carboxylic acids is 1. The summed E-state index contributed by atoms with van der Waals surface area (Å²) >= 11 is 0. The molecule has 1 aliphatic carbocycles. The zero-order chi connectivity index (χ0) is 22.6. The van der Waals surface area contributed by atoms with Crippen molar-refractivity contribution in [2.24, 2.45) is 0 Å². The van der Waals surface area contributed by atoms with Crippen molar-refractivity contribution in [1.82, 2.24) is 0 Å². The minimum atomic E-state index is -6.38. The van der Waals surface area contributed by atoms with Crippen LogP contribution in [0.5, 0.6) is 0 Å². The van der Waals surface area contributed by atoms with Gasteiger partial charge in [0.15, 0.2) is 5.60 Å². The Morgan fingerprint density at radius 2 is 1.47 bits per heavy atom. The Morgan fingerprint density at radius 3 is 1.97 bits per heavy atom. The molecule has 1 unspecified atom stereocenters. The molecule has 0 spiro atoms. The van der Waals surface area contributed by atoms with E-state index in [1.54, 1.807) is 18.2 Å². The van der Waals surface area contributed by atoms with Gasteiger partial charge in [0.2, 0.25) is 0 Å². The fraction of sp³-hybridized carbons (Fsp3) is 0.650. The molecule has 170 valence electrons. The summed E-state index contributed by atoms with van der Waals surface area (Å²) in [7, 11) is 0. The maximum absolute atomic E-state index is 14.3. The lowest BCUT2D eigenvalue weighted by Gasteiger charge is -2.37. The summed E-state index contributed by atoms with van der Waals surface area (Å²) in [5, 5.41) is 10.6. The highest BCUT2D eigenvalue weighted by Crippen LogP contribution is 2.51. The van der Waals surface area contributed by atoms with Crippen molar-refractivity contribution in [2.45, 2.75) is 81.1 Å². The topological polar surface area (TPSA) is 46.5 Å². The quantitative estimate of drug-likeness (QED) is 0.450. The molecule has 1 atom stereocenters. The Morgan fingerprint density at radius 1 is 0.933 bits per heavy atom. The summed E-state index contributed by atoms with van der Waals surface area (Å²) in [6, 6.07) is 7.80. The van der Waals surface area contributed by atoms with E-state index in [2.05, 4.69) is 0 Å². The predicted octanol–water partition coefficient (Wildman–Crippen LogP) is 5.45. The molecule has 30 heavy (non-hydrogen) atoms. The lowest BCUT2D eigenvalue weighted by Crippen LogP contribution is -2.59. The van der Waals surface area contributed by atoms with Crippen molar-refractivity contribution >= 4 is 5.97 Å². The van der Waals surface area contributed by atoms with Crippen LogP contribution in [0.1, 0.15) is 50.5 Å². The Kier molecular flexibility index (Phi) is 7.42. The smallest absolute Gasteiger partial charge is 0.431 e. The lowest BCUT2D eigenvalue weighted by atomic mass is 9.82. The van der Waals surface area contributed by atoms with Crippen LogP contribution in [0.15, 0.2) is 30.3 Å². The number of aryl methyl sites for hydroxylation is 1. The molecule has 0 amide bonds. The molecule has 1 aliphatic rings. The maximum atomic E-state index is 14.3. The molecule has 2 rings (SSSR count). The number of hydrogen-bond donors (Lipinski definition) is 1. The van der Waals surface area contributed by atoms with Gasteiger partial charge in [0, 0.05) is 6.42 Å². The standard InChI is InChI=1S/C20H23F7O3/c21-18(19(22,23)24,20(25,26)27)13-17(29,12-11-14-7-3-1-4-8-14)16(28)30-15-9-5-2-6-10-15/h1,3-4,7-8,15,29H,2,5-6,9-13H2. The number of esters is 1. The molecule has 0 saturated heterocycles. The molecule has 0 aromatic heterocycles. The van der Waals surface area contributed by atoms with Crippen LogP contribution in [-0.4, -0.2) is 40.8 Å². The highest BCUT2D eigenvalue weighted by atomic mass is 19.4. The van der Waals surface area contributed by atoms with Crippen LogP contribution in [0, 0.1) is 0 Å². The van der Waals surface area contributed by atoms with E-state index in [1.165, 1.54) is 12.1 Å². The predicted molar refractivity (Wildman–Crippen MR) is 93.2 cm³/mol. The molecule has 1 saturated carbocycles. The third-order valence-corrected chi connectivity index (χ3v) is 5.31. The van der Waals surface area contributed by atoms with Crippen molar-refractivity contribution in [1.29, 1.82) is 0 Å². The number of carbonyl (C=O) groups is 1. The molecule has 1 aromatic carbocycles. The van der Waals surface area contributed by atoms with Crippen LogP contribution in [0.3, 0.4) is 0 Å². The van der Waals surface area contributed by atoms with Gasteiger partial charge < -0.3 is 9.84 Å². The fourth-order valence-corrected chi connectivity index (χ4v) is 3.47. The van der Waals surface area contributed by atoms with Crippen LogP contribution >= 0.6 is 0 Å². The molecule has 1 N–H and O–H groups in total. The molecule has 3 nitrogen and oxygen atoms in total. The summed E-state index contributed by atoms with van der Waals surface area (Å²) < 4.78 is 97.7. The van der Waals surface area contributed by atoms with Gasteiger partial charge in [0.1, 0.15) is 6.10 Å². The number of halogens is 7. The Bertz CT molecular complexity index is 683. The van der Waals surface area contributed by atoms with Crippen LogP contribution < -0.4 is 0 Å². The zero-order valence-electron chi connectivity index (χ0n) is 16.0. The van der Waals surface area contributed by atoms with Gasteiger partial charge in [-0.3, -0.25) is 0 Å². The maximum Gasteiger partial charge on any atom is 0.431 e. The Hall–Kier alpha value is -1.84. The van der Waals surface area contributed by atoms with Gasteiger partial charge in [0.25, 0.3) is 0 Å². The third-order valence-electron chi connectivity index (χ3n) is 5.31. The van der Waals surface area contributed by atoms with Gasteiger partial charge in [0.05, 0.1) is 0 Å². The zero-order valence-corrected chi connectivity index (χ0v) is 16.0. The number of hydrogen-bond acceptors (Lipinski definition) is 3. The second kappa shape index (κ2) is 9.11. The molecule has 0 heterocycles. The van der Waals surface area contributed by atoms with Gasteiger partial charge in [-0.1, -0.05) is 36.8 Å². The summed E-state index contributed by atoms with van der Waals surface area (Å²) in [6.07, 6.45) is -14.2. The van der Waals surface area contributed by atoms with Gasteiger partial charge in [-0.2, -0.15) is 26.3 Å². The largest absolute Gasteiger partial charge is 0.460 e. The van der Waals surface area contributed by atoms with E-state index >= 15 is 0 Å². The van der Waals surface area contributed by atoms with Crippen molar-refractivity contribution in [3.05, 3.63) is 35.9 Å². The van der Waals surface area contributed by atoms with Crippen LogP contribution in [0.2, 0.25) is 0 Å². The monoisotopic (exact) mass is 444 g/mol. The van der Waals surface area contributed by atoms with Crippen molar-refractivity contribution in [3.8, 4) is 0 Å². The summed E-state index contributed by atoms with van der Waals surface area (Å²) in [5.74, 6) is -1.67. The van der Waals surface area contributed by atoms with E-state index in [9.17, 15) is 40.6 Å². The van der Waals surface area contributed by atoms with Crippen molar-refractivity contribution in [2.75, 3.05) is 0 Å². The molecule has 1 fully saturated rings. The third kappa shape index (κ3) is 5.65. The molecule has 10 heteroatoms. The number of aliphatic hydroxyl groups is 1. The minimum Gasteiger partial charge on any atom is -0.460 e. The van der Waals surface area contributed by atoms with Crippen LogP contribution in [0.4, 0.5) is 30.7 Å². The number of benzene rings is 1. The number of rotatable bonds is 7. The molecular weight excluding hydrogens is 421 g/mol. The van der Waals surface area contributed by atoms with Crippen molar-refractivity contribution in [3.63, 3.8) is 0 Å². The highest BCUT2D eigenvalue weighted by Gasteiger charge is 2.74. The number of ether oxygens (including phenoxy) is 1. The first-order valence-corrected chi connectivity index (χ1v) is 9.58.